The van der Waals surface area contributed by atoms with Gasteiger partial charge in [-0.05, 0) is 13.0 Å². The van der Waals surface area contributed by atoms with Gasteiger partial charge in [-0.3, -0.25) is 14.7 Å². The monoisotopic (exact) mass is 298 g/mol. The molecule has 0 spiro atoms. The zero-order valence-electron chi connectivity index (χ0n) is 11.5. The first-order chi connectivity index (χ1) is 8.83. The van der Waals surface area contributed by atoms with Crippen LogP contribution in [0.3, 0.4) is 0 Å². The smallest absolute Gasteiger partial charge is 0.339 e. The molecule has 0 aliphatic carbocycles. The first-order valence-corrected chi connectivity index (χ1v) is 8.30. The molecule has 0 rings (SSSR count). The molecule has 0 aromatic carbocycles. The number of rotatable bonds is 10. The quantitative estimate of drug-likeness (QED) is 0.301. The summed E-state index contributed by atoms with van der Waals surface area (Å²) in [6, 6.07) is 0. The number of aliphatic carboxylic acids is 1. The summed E-state index contributed by atoms with van der Waals surface area (Å²) in [5, 5.41) is 10.1. The Morgan fingerprint density at radius 1 is 1.16 bits per heavy atom. The number of nitrogens with one attached hydrogen (secondary N) is 1. The fourth-order valence-corrected chi connectivity index (χ4v) is 1.64. The Bertz CT molecular complexity index is 251. The van der Waals surface area contributed by atoms with E-state index in [1.165, 1.54) is 38.5 Å². The number of carbonyl (C=O) groups is 1. The molecule has 0 aromatic heterocycles. The molecule has 6 N–H and O–H groups in total. The van der Waals surface area contributed by atoms with Gasteiger partial charge >= 0.3 is 13.6 Å². The molecule has 19 heavy (non-hydrogen) atoms. The van der Waals surface area contributed by atoms with E-state index in [9.17, 15) is 9.36 Å². The minimum atomic E-state index is -4.10. The van der Waals surface area contributed by atoms with E-state index in [4.69, 9.17) is 20.6 Å². The Balaban J connectivity index is 0. The molecule has 0 radical (unpaired) electrons. The molecule has 0 atom stereocenters. The summed E-state index contributed by atoms with van der Waals surface area (Å²) < 4.78 is 10.1. The van der Waals surface area contributed by atoms with Crippen molar-refractivity contribution in [3.8, 4) is 0 Å². The summed E-state index contributed by atoms with van der Waals surface area (Å²) in [6.45, 7) is 2.67. The lowest BCUT2D eigenvalue weighted by atomic mass is 10.1. The lowest BCUT2D eigenvalue weighted by molar-refractivity contribution is -0.135. The van der Waals surface area contributed by atoms with Crippen molar-refractivity contribution in [1.82, 2.24) is 5.32 Å². The number of carboxylic acid groups (broad SMARTS) is 1. The molecular weight excluding hydrogens is 271 g/mol. The van der Waals surface area contributed by atoms with Crippen LogP contribution < -0.4 is 11.1 Å². The SMILES string of the molecule is CCCCCCCCN.O=C(O)CNCP(=O)(O)O. The molecule has 0 unspecified atom stereocenters. The topological polar surface area (TPSA) is 133 Å². The first-order valence-electron chi connectivity index (χ1n) is 6.50. The van der Waals surface area contributed by atoms with Crippen LogP contribution in [0.2, 0.25) is 0 Å². The minimum absolute atomic E-state index is 0.439. The third-order valence-corrected chi connectivity index (χ3v) is 2.79. The molecule has 0 bridgehead atoms. The van der Waals surface area contributed by atoms with Gasteiger partial charge in [-0.1, -0.05) is 39.0 Å². The second kappa shape index (κ2) is 14.0. The van der Waals surface area contributed by atoms with Crippen LogP contribution in [0, 0.1) is 0 Å². The van der Waals surface area contributed by atoms with Crippen molar-refractivity contribution in [3.05, 3.63) is 0 Å². The van der Waals surface area contributed by atoms with E-state index in [1.807, 2.05) is 0 Å². The van der Waals surface area contributed by atoms with Crippen molar-refractivity contribution >= 4 is 13.6 Å². The highest BCUT2D eigenvalue weighted by atomic mass is 31.2. The standard InChI is InChI=1S/C8H19N.C3H8NO5P/c1-2-3-4-5-6-7-8-9;5-3(6)1-4-2-10(7,8)9/h2-9H2,1H3;4H,1-2H2,(H,5,6)(H2,7,8,9). The number of carboxylic acids is 1. The second-order valence-electron chi connectivity index (χ2n) is 4.20. The maximum Gasteiger partial charge on any atom is 0.339 e. The van der Waals surface area contributed by atoms with Crippen molar-refractivity contribution in [2.75, 3.05) is 19.4 Å². The molecule has 7 nitrogen and oxygen atoms in total. The lowest BCUT2D eigenvalue weighted by Gasteiger charge is -2.02. The molecule has 0 saturated heterocycles. The van der Waals surface area contributed by atoms with Crippen molar-refractivity contribution in [1.29, 1.82) is 0 Å². The summed E-state index contributed by atoms with van der Waals surface area (Å²) >= 11 is 0. The summed E-state index contributed by atoms with van der Waals surface area (Å²) in [6.07, 6.45) is 7.45. The predicted molar refractivity (Wildman–Crippen MR) is 75.0 cm³/mol. The first kappa shape index (κ1) is 20.8. The van der Waals surface area contributed by atoms with Crippen LogP contribution in [-0.2, 0) is 9.36 Å². The van der Waals surface area contributed by atoms with Gasteiger partial charge in [-0.2, -0.15) is 0 Å². The van der Waals surface area contributed by atoms with Crippen LogP contribution in [0.1, 0.15) is 45.4 Å². The van der Waals surface area contributed by atoms with Crippen molar-refractivity contribution < 1.29 is 24.3 Å². The number of hydrogen-bond acceptors (Lipinski definition) is 4. The van der Waals surface area contributed by atoms with E-state index in [1.54, 1.807) is 0 Å². The van der Waals surface area contributed by atoms with Crippen LogP contribution in [0.25, 0.3) is 0 Å². The molecule has 0 aliphatic heterocycles. The van der Waals surface area contributed by atoms with Crippen molar-refractivity contribution in [2.24, 2.45) is 5.73 Å². The Labute approximate surface area is 114 Å². The fourth-order valence-electron chi connectivity index (χ4n) is 1.23. The molecule has 0 heterocycles. The highest BCUT2D eigenvalue weighted by molar-refractivity contribution is 7.51. The summed E-state index contributed by atoms with van der Waals surface area (Å²) in [5.74, 6) is -1.14. The average Bonchev–Trinajstić information content (AvgIpc) is 2.27. The molecule has 0 fully saturated rings. The molecule has 0 aromatic rings. The van der Waals surface area contributed by atoms with Gasteiger partial charge in [0.25, 0.3) is 0 Å². The summed E-state index contributed by atoms with van der Waals surface area (Å²) in [5.41, 5.74) is 5.34. The van der Waals surface area contributed by atoms with Crippen molar-refractivity contribution in [2.45, 2.75) is 45.4 Å². The average molecular weight is 298 g/mol. The van der Waals surface area contributed by atoms with Crippen LogP contribution in [0.4, 0.5) is 0 Å². The maximum absolute atomic E-state index is 10.1. The van der Waals surface area contributed by atoms with E-state index < -0.39 is 26.4 Å². The Kier molecular flexibility index (Phi) is 15.3. The number of hydrogen-bond donors (Lipinski definition) is 5. The van der Waals surface area contributed by atoms with Crippen LogP contribution in [-0.4, -0.2) is 40.2 Å². The molecule has 116 valence electrons. The van der Waals surface area contributed by atoms with Crippen molar-refractivity contribution in [3.63, 3.8) is 0 Å². The summed E-state index contributed by atoms with van der Waals surface area (Å²) in [7, 11) is -4.10. The van der Waals surface area contributed by atoms with Gasteiger partial charge in [-0.25, -0.2) is 0 Å². The Morgan fingerprint density at radius 3 is 2.11 bits per heavy atom. The van der Waals surface area contributed by atoms with Crippen LogP contribution >= 0.6 is 7.60 Å². The van der Waals surface area contributed by atoms with E-state index in [-0.39, 0.29) is 0 Å². The van der Waals surface area contributed by atoms with E-state index in [0.29, 0.717) is 0 Å². The predicted octanol–water partition coefficient (Wildman–Crippen LogP) is 1.10. The molecule has 0 saturated carbocycles. The van der Waals surface area contributed by atoms with E-state index >= 15 is 0 Å². The van der Waals surface area contributed by atoms with E-state index in [0.717, 1.165) is 6.54 Å². The van der Waals surface area contributed by atoms with E-state index in [2.05, 4.69) is 12.2 Å². The highest BCUT2D eigenvalue weighted by Crippen LogP contribution is 2.31. The second-order valence-corrected chi connectivity index (χ2v) is 5.85. The van der Waals surface area contributed by atoms with Gasteiger partial charge in [0.05, 0.1) is 12.8 Å². The summed E-state index contributed by atoms with van der Waals surface area (Å²) in [4.78, 5) is 26.1. The van der Waals surface area contributed by atoms with Gasteiger partial charge in [0.1, 0.15) is 0 Å². The molecule has 0 aliphatic rings. The normalized spacial score (nSPS) is 10.7. The highest BCUT2D eigenvalue weighted by Gasteiger charge is 2.11. The van der Waals surface area contributed by atoms with Crippen LogP contribution in [0.15, 0.2) is 0 Å². The minimum Gasteiger partial charge on any atom is -0.480 e. The van der Waals surface area contributed by atoms with Gasteiger partial charge in [0.15, 0.2) is 0 Å². The third-order valence-electron chi connectivity index (χ3n) is 2.15. The van der Waals surface area contributed by atoms with Gasteiger partial charge in [0, 0.05) is 0 Å². The Morgan fingerprint density at radius 2 is 1.68 bits per heavy atom. The third kappa shape index (κ3) is 26.9. The van der Waals surface area contributed by atoms with Gasteiger partial charge in [-0.15, -0.1) is 0 Å². The largest absolute Gasteiger partial charge is 0.480 e. The lowest BCUT2D eigenvalue weighted by Crippen LogP contribution is -2.23. The zero-order valence-corrected chi connectivity index (χ0v) is 12.4. The fraction of sp³-hybridized carbons (Fsp3) is 0.909. The molecule has 8 heteroatoms. The molecular formula is C11H27N2O5P. The zero-order chi connectivity index (χ0) is 15.1. The Hall–Kier alpha value is -0.460. The van der Waals surface area contributed by atoms with Gasteiger partial charge in [0.2, 0.25) is 0 Å². The maximum atomic E-state index is 10.1. The van der Waals surface area contributed by atoms with Crippen LogP contribution in [0.5, 0.6) is 0 Å². The number of unbranched alkanes of at least 4 members (excludes halogenated alkanes) is 5. The molecule has 0 amide bonds. The number of nitrogens with two attached hydrogens (primary N) is 1. The van der Waals surface area contributed by atoms with Gasteiger partial charge < -0.3 is 20.6 Å².